The molecule has 60 valence electrons. The molecular weight excluding hydrogens is 140 g/mol. The van der Waals surface area contributed by atoms with E-state index in [0.29, 0.717) is 17.9 Å². The average Bonchev–Trinajstić information content (AvgIpc) is 2.27. The molecule has 0 spiro atoms. The number of fused-ring (bicyclic) bond motifs is 1. The van der Waals surface area contributed by atoms with Gasteiger partial charge in [-0.2, -0.15) is 0 Å². The van der Waals surface area contributed by atoms with Gasteiger partial charge in [0, 0.05) is 25.2 Å². The number of aliphatic imine (C=N–C) groups is 2. The molecule has 2 aliphatic heterocycles. The minimum atomic E-state index is 0.359. The van der Waals surface area contributed by atoms with Gasteiger partial charge in [-0.3, -0.25) is 0 Å². The van der Waals surface area contributed by atoms with E-state index in [-0.39, 0.29) is 0 Å². The number of guanidine groups is 1. The smallest absolute Gasteiger partial charge is 0.215 e. The van der Waals surface area contributed by atoms with Gasteiger partial charge in [0.05, 0.1) is 6.04 Å². The second-order valence-electron chi connectivity index (χ2n) is 3.22. The number of nitrogens with zero attached hydrogens (tertiary/aromatic N) is 3. The Kier molecular flexibility index (Phi) is 1.42. The normalized spacial score (nSPS) is 37.0. The van der Waals surface area contributed by atoms with Crippen molar-refractivity contribution in [3.05, 3.63) is 0 Å². The summed E-state index contributed by atoms with van der Waals surface area (Å²) in [6, 6.07) is 0.359. The summed E-state index contributed by atoms with van der Waals surface area (Å²) in [4.78, 5) is 10.5. The van der Waals surface area contributed by atoms with Crippen LogP contribution in [0.1, 0.15) is 0 Å². The lowest BCUT2D eigenvalue weighted by atomic mass is 10.1. The summed E-state index contributed by atoms with van der Waals surface area (Å²) in [6.07, 6.45) is 1.93. The maximum Gasteiger partial charge on any atom is 0.215 e. The molecule has 0 amide bonds. The van der Waals surface area contributed by atoms with Gasteiger partial charge in [0.25, 0.3) is 0 Å². The molecular formula is C7H12N4. The van der Waals surface area contributed by atoms with Gasteiger partial charge in [0.1, 0.15) is 0 Å². The fourth-order valence-electron chi connectivity index (χ4n) is 1.67. The molecule has 0 radical (unpaired) electrons. The van der Waals surface area contributed by atoms with E-state index in [1.165, 1.54) is 0 Å². The summed E-state index contributed by atoms with van der Waals surface area (Å²) in [5.74, 6) is 0.925. The van der Waals surface area contributed by atoms with Crippen molar-refractivity contribution in [2.24, 2.45) is 21.6 Å². The van der Waals surface area contributed by atoms with Gasteiger partial charge in [0.15, 0.2) is 0 Å². The van der Waals surface area contributed by atoms with E-state index in [2.05, 4.69) is 21.9 Å². The molecule has 2 aliphatic rings. The summed E-state index contributed by atoms with van der Waals surface area (Å²) >= 11 is 0. The van der Waals surface area contributed by atoms with Crippen LogP contribution in [0.2, 0.25) is 0 Å². The third kappa shape index (κ3) is 1.14. The van der Waals surface area contributed by atoms with Crippen LogP contribution in [0, 0.1) is 5.92 Å². The van der Waals surface area contributed by atoms with Crippen LogP contribution < -0.4 is 5.73 Å². The molecule has 2 rings (SSSR count). The van der Waals surface area contributed by atoms with Crippen LogP contribution in [-0.4, -0.2) is 43.3 Å². The first-order valence-electron chi connectivity index (χ1n) is 3.82. The van der Waals surface area contributed by atoms with E-state index in [9.17, 15) is 0 Å². The van der Waals surface area contributed by atoms with Gasteiger partial charge in [0.2, 0.25) is 5.96 Å². The molecule has 0 aromatic heterocycles. The molecule has 4 nitrogen and oxygen atoms in total. The fraction of sp³-hybridized carbons (Fsp3) is 0.714. The zero-order valence-electron chi connectivity index (χ0n) is 6.57. The van der Waals surface area contributed by atoms with Crippen molar-refractivity contribution in [1.29, 1.82) is 0 Å². The largest absolute Gasteiger partial charge is 0.368 e. The van der Waals surface area contributed by atoms with E-state index in [1.807, 2.05) is 6.21 Å². The Morgan fingerprint density at radius 2 is 2.45 bits per heavy atom. The minimum Gasteiger partial charge on any atom is -0.368 e. The van der Waals surface area contributed by atoms with E-state index < -0.39 is 0 Å². The van der Waals surface area contributed by atoms with Gasteiger partial charge in [-0.25, -0.2) is 9.98 Å². The highest BCUT2D eigenvalue weighted by Gasteiger charge is 2.31. The van der Waals surface area contributed by atoms with Crippen molar-refractivity contribution in [2.75, 3.05) is 20.1 Å². The SMILES string of the molecule is CN1CC2C=NC(N)=NC2C1. The number of likely N-dealkylation sites (tertiary alicyclic amines) is 1. The number of nitrogens with two attached hydrogens (primary N) is 1. The van der Waals surface area contributed by atoms with E-state index in [1.54, 1.807) is 0 Å². The summed E-state index contributed by atoms with van der Waals surface area (Å²) in [6.45, 7) is 2.07. The molecule has 2 heterocycles. The molecule has 0 aromatic carbocycles. The van der Waals surface area contributed by atoms with Gasteiger partial charge in [-0.15, -0.1) is 0 Å². The highest BCUT2D eigenvalue weighted by molar-refractivity contribution is 5.89. The number of likely N-dealkylation sites (N-methyl/N-ethyl adjacent to an activating group) is 1. The minimum absolute atomic E-state index is 0.359. The summed E-state index contributed by atoms with van der Waals surface area (Å²) in [7, 11) is 2.10. The first-order valence-corrected chi connectivity index (χ1v) is 3.82. The number of hydrogen-bond acceptors (Lipinski definition) is 4. The third-order valence-corrected chi connectivity index (χ3v) is 2.21. The monoisotopic (exact) mass is 152 g/mol. The van der Waals surface area contributed by atoms with Crippen LogP contribution in [-0.2, 0) is 0 Å². The topological polar surface area (TPSA) is 54.0 Å². The van der Waals surface area contributed by atoms with Crippen molar-refractivity contribution < 1.29 is 0 Å². The Labute approximate surface area is 65.8 Å². The Balaban J connectivity index is 2.17. The van der Waals surface area contributed by atoms with Crippen molar-refractivity contribution in [3.63, 3.8) is 0 Å². The third-order valence-electron chi connectivity index (χ3n) is 2.21. The maximum absolute atomic E-state index is 5.47. The van der Waals surface area contributed by atoms with E-state index in [4.69, 9.17) is 5.73 Å². The zero-order chi connectivity index (χ0) is 7.84. The van der Waals surface area contributed by atoms with E-state index >= 15 is 0 Å². The standard InChI is InChI=1S/C7H12N4/c1-11-3-5-2-9-7(8)10-6(5)4-11/h2,5-6H,3-4H2,1H3,(H2,8,10). The van der Waals surface area contributed by atoms with Crippen molar-refractivity contribution in [3.8, 4) is 0 Å². The molecule has 0 saturated carbocycles. The van der Waals surface area contributed by atoms with Crippen LogP contribution in [0.25, 0.3) is 0 Å². The molecule has 0 bridgehead atoms. The van der Waals surface area contributed by atoms with Crippen LogP contribution in [0.15, 0.2) is 9.98 Å². The molecule has 2 unspecified atom stereocenters. The van der Waals surface area contributed by atoms with Crippen LogP contribution in [0.5, 0.6) is 0 Å². The summed E-state index contributed by atoms with van der Waals surface area (Å²) < 4.78 is 0. The highest BCUT2D eigenvalue weighted by atomic mass is 15.2. The quantitative estimate of drug-likeness (QED) is 0.500. The second-order valence-corrected chi connectivity index (χ2v) is 3.22. The van der Waals surface area contributed by atoms with Gasteiger partial charge in [-0.1, -0.05) is 0 Å². The van der Waals surface area contributed by atoms with E-state index in [0.717, 1.165) is 13.1 Å². The summed E-state index contributed by atoms with van der Waals surface area (Å²) in [5, 5.41) is 0. The number of rotatable bonds is 0. The van der Waals surface area contributed by atoms with Gasteiger partial charge in [-0.05, 0) is 7.05 Å². The van der Waals surface area contributed by atoms with Crippen molar-refractivity contribution in [1.82, 2.24) is 4.90 Å². The first kappa shape index (κ1) is 6.79. The Morgan fingerprint density at radius 1 is 1.64 bits per heavy atom. The lowest BCUT2D eigenvalue weighted by Crippen LogP contribution is -2.27. The average molecular weight is 152 g/mol. The maximum atomic E-state index is 5.47. The highest BCUT2D eigenvalue weighted by Crippen LogP contribution is 2.18. The van der Waals surface area contributed by atoms with Crippen LogP contribution >= 0.6 is 0 Å². The molecule has 0 aromatic rings. The van der Waals surface area contributed by atoms with Gasteiger partial charge < -0.3 is 10.6 Å². The molecule has 1 fully saturated rings. The molecule has 1 saturated heterocycles. The predicted octanol–water partition coefficient (Wildman–Crippen LogP) is -0.684. The van der Waals surface area contributed by atoms with Crippen LogP contribution in [0.4, 0.5) is 0 Å². The van der Waals surface area contributed by atoms with Crippen LogP contribution in [0.3, 0.4) is 0 Å². The molecule has 11 heavy (non-hydrogen) atoms. The Hall–Kier alpha value is -0.900. The lowest BCUT2D eigenvalue weighted by molar-refractivity contribution is 0.408. The molecule has 4 heteroatoms. The Bertz CT molecular complexity index is 220. The second kappa shape index (κ2) is 2.30. The molecule has 2 N–H and O–H groups in total. The first-order chi connectivity index (χ1) is 5.25. The fourth-order valence-corrected chi connectivity index (χ4v) is 1.67. The zero-order valence-corrected chi connectivity index (χ0v) is 6.57. The van der Waals surface area contributed by atoms with Crippen molar-refractivity contribution in [2.45, 2.75) is 6.04 Å². The lowest BCUT2D eigenvalue weighted by Gasteiger charge is -2.13. The Morgan fingerprint density at radius 3 is 3.27 bits per heavy atom. The predicted molar refractivity (Wildman–Crippen MR) is 44.9 cm³/mol. The van der Waals surface area contributed by atoms with Crippen molar-refractivity contribution >= 4 is 12.2 Å². The molecule has 2 atom stereocenters. The summed E-state index contributed by atoms with van der Waals surface area (Å²) in [5.41, 5.74) is 5.47. The number of hydrogen-bond donors (Lipinski definition) is 1. The molecule has 0 aliphatic carbocycles. The van der Waals surface area contributed by atoms with Gasteiger partial charge >= 0.3 is 0 Å².